The number of sulfonamides is 1. The number of amides is 1. The summed E-state index contributed by atoms with van der Waals surface area (Å²) in [5.74, 6) is -0.761. The molecule has 0 aliphatic heterocycles. The minimum absolute atomic E-state index is 0.0410. The number of nitrogens with two attached hydrogens (primary N) is 1. The van der Waals surface area contributed by atoms with E-state index in [1.807, 2.05) is 0 Å². The van der Waals surface area contributed by atoms with E-state index >= 15 is 0 Å². The van der Waals surface area contributed by atoms with Crippen LogP contribution in [0.3, 0.4) is 0 Å². The van der Waals surface area contributed by atoms with Gasteiger partial charge in [0.2, 0.25) is 15.9 Å². The van der Waals surface area contributed by atoms with Crippen LogP contribution >= 0.6 is 15.9 Å². The molecule has 0 spiro atoms. The highest BCUT2D eigenvalue weighted by atomic mass is 79.9. The third-order valence-corrected chi connectivity index (χ3v) is 4.76. The lowest BCUT2D eigenvalue weighted by molar-refractivity contribution is -0.116. The molecule has 2 aromatic rings. The third kappa shape index (κ3) is 6.08. The van der Waals surface area contributed by atoms with Crippen LogP contribution in [0.4, 0.5) is 4.39 Å². The summed E-state index contributed by atoms with van der Waals surface area (Å²) in [6.07, 6.45) is 3.18. The van der Waals surface area contributed by atoms with E-state index < -0.39 is 15.8 Å². The van der Waals surface area contributed by atoms with E-state index in [0.717, 1.165) is 10.0 Å². The predicted octanol–water partition coefficient (Wildman–Crippen LogP) is 2.61. The van der Waals surface area contributed by atoms with Gasteiger partial charge in [-0.1, -0.05) is 28.1 Å². The fourth-order valence-corrected chi connectivity index (χ4v) is 2.94. The van der Waals surface area contributed by atoms with Crippen LogP contribution in [0.1, 0.15) is 11.1 Å². The van der Waals surface area contributed by atoms with Crippen molar-refractivity contribution in [2.75, 3.05) is 6.54 Å². The summed E-state index contributed by atoms with van der Waals surface area (Å²) in [6.45, 7) is 0.360. The van der Waals surface area contributed by atoms with Crippen LogP contribution in [0.25, 0.3) is 6.08 Å². The summed E-state index contributed by atoms with van der Waals surface area (Å²) in [4.78, 5) is 11.8. The van der Waals surface area contributed by atoms with E-state index in [1.54, 1.807) is 24.3 Å². The average molecular weight is 427 g/mol. The summed E-state index contributed by atoms with van der Waals surface area (Å²) < 4.78 is 36.6. The van der Waals surface area contributed by atoms with Gasteiger partial charge in [0.1, 0.15) is 5.82 Å². The molecular weight excluding hydrogens is 411 g/mol. The number of hydrogen-bond donors (Lipinski definition) is 2. The summed E-state index contributed by atoms with van der Waals surface area (Å²) >= 11 is 3.24. The fraction of sp³-hybridized carbons (Fsp3) is 0.118. The molecule has 0 aromatic heterocycles. The molecular formula is C17H16BrFN2O3S. The predicted molar refractivity (Wildman–Crippen MR) is 97.7 cm³/mol. The number of halogens is 2. The quantitative estimate of drug-likeness (QED) is 0.695. The molecule has 0 bridgehead atoms. The average Bonchev–Trinajstić information content (AvgIpc) is 2.55. The zero-order chi connectivity index (χ0) is 18.4. The maximum absolute atomic E-state index is 13.6. The van der Waals surface area contributed by atoms with Gasteiger partial charge >= 0.3 is 0 Å². The van der Waals surface area contributed by atoms with Crippen LogP contribution in [-0.4, -0.2) is 20.9 Å². The van der Waals surface area contributed by atoms with Gasteiger partial charge in [-0.2, -0.15) is 0 Å². The van der Waals surface area contributed by atoms with E-state index in [-0.39, 0.29) is 10.8 Å². The van der Waals surface area contributed by atoms with Crippen LogP contribution in [0.5, 0.6) is 0 Å². The molecule has 25 heavy (non-hydrogen) atoms. The SMILES string of the molecule is NS(=O)(=O)c1ccc(CCNC(=O)/C=C/c2cc(Br)ccc2F)cc1. The first-order chi connectivity index (χ1) is 11.8. The van der Waals surface area contributed by atoms with Crippen LogP contribution in [0, 0.1) is 5.82 Å². The summed E-state index contributed by atoms with van der Waals surface area (Å²) in [7, 11) is -3.71. The van der Waals surface area contributed by atoms with Crippen molar-refractivity contribution >= 4 is 37.9 Å². The van der Waals surface area contributed by atoms with Gasteiger partial charge in [-0.15, -0.1) is 0 Å². The Labute approximate surface area is 153 Å². The molecule has 8 heteroatoms. The first-order valence-electron chi connectivity index (χ1n) is 7.28. The fourth-order valence-electron chi connectivity index (χ4n) is 2.04. The van der Waals surface area contributed by atoms with Gasteiger partial charge < -0.3 is 5.32 Å². The van der Waals surface area contributed by atoms with Crippen molar-refractivity contribution in [2.24, 2.45) is 5.14 Å². The van der Waals surface area contributed by atoms with E-state index in [0.29, 0.717) is 18.5 Å². The molecule has 3 N–H and O–H groups in total. The van der Waals surface area contributed by atoms with E-state index in [9.17, 15) is 17.6 Å². The second-order valence-corrected chi connectivity index (χ2v) is 7.71. The number of carbonyl (C=O) groups excluding carboxylic acids is 1. The Hall–Kier alpha value is -2.03. The monoisotopic (exact) mass is 426 g/mol. The van der Waals surface area contributed by atoms with E-state index in [1.165, 1.54) is 30.4 Å². The molecule has 0 aliphatic rings. The third-order valence-electron chi connectivity index (χ3n) is 3.34. The topological polar surface area (TPSA) is 89.3 Å². The smallest absolute Gasteiger partial charge is 0.244 e. The maximum Gasteiger partial charge on any atom is 0.244 e. The highest BCUT2D eigenvalue weighted by molar-refractivity contribution is 9.10. The van der Waals surface area contributed by atoms with Crippen molar-refractivity contribution in [3.63, 3.8) is 0 Å². The van der Waals surface area contributed by atoms with Crippen molar-refractivity contribution < 1.29 is 17.6 Å². The molecule has 0 saturated heterocycles. The van der Waals surface area contributed by atoms with Gasteiger partial charge in [-0.25, -0.2) is 17.9 Å². The lowest BCUT2D eigenvalue weighted by Crippen LogP contribution is -2.23. The van der Waals surface area contributed by atoms with Gasteiger partial charge in [0, 0.05) is 22.7 Å². The lowest BCUT2D eigenvalue weighted by atomic mass is 10.1. The Bertz CT molecular complexity index is 897. The van der Waals surface area contributed by atoms with E-state index in [2.05, 4.69) is 21.2 Å². The zero-order valence-corrected chi connectivity index (χ0v) is 15.5. The van der Waals surface area contributed by atoms with Gasteiger partial charge in [0.05, 0.1) is 4.90 Å². The molecule has 2 rings (SSSR count). The summed E-state index contributed by atoms with van der Waals surface area (Å²) in [5, 5.41) is 7.70. The minimum Gasteiger partial charge on any atom is -0.352 e. The van der Waals surface area contributed by atoms with Crippen molar-refractivity contribution in [1.29, 1.82) is 0 Å². The second kappa shape index (κ2) is 8.37. The molecule has 1 amide bonds. The van der Waals surface area contributed by atoms with Crippen LogP contribution in [0.15, 0.2) is 57.9 Å². The normalized spacial score (nSPS) is 11.6. The first kappa shape index (κ1) is 19.3. The molecule has 0 fully saturated rings. The van der Waals surface area contributed by atoms with Crippen molar-refractivity contribution in [2.45, 2.75) is 11.3 Å². The van der Waals surface area contributed by atoms with Crippen LogP contribution in [0.2, 0.25) is 0 Å². The zero-order valence-electron chi connectivity index (χ0n) is 13.1. The molecule has 0 unspecified atom stereocenters. The maximum atomic E-state index is 13.6. The van der Waals surface area contributed by atoms with Crippen molar-refractivity contribution in [3.05, 3.63) is 70.0 Å². The number of primary sulfonamides is 1. The van der Waals surface area contributed by atoms with Gasteiger partial charge in [-0.3, -0.25) is 4.79 Å². The largest absolute Gasteiger partial charge is 0.352 e. The number of hydrogen-bond acceptors (Lipinski definition) is 3. The molecule has 5 nitrogen and oxygen atoms in total. The van der Waals surface area contributed by atoms with Crippen molar-refractivity contribution in [3.8, 4) is 0 Å². The standard InChI is InChI=1S/C17H16BrFN2O3S/c18-14-4-7-16(19)13(11-14)3-8-17(22)21-10-9-12-1-5-15(6-2-12)25(20,23)24/h1-8,11H,9-10H2,(H,21,22)(H2,20,23,24)/b8-3+. The number of nitrogens with one attached hydrogen (secondary N) is 1. The van der Waals surface area contributed by atoms with Gasteiger partial charge in [-0.05, 0) is 48.4 Å². The molecule has 0 radical (unpaired) electrons. The van der Waals surface area contributed by atoms with Gasteiger partial charge in [0.25, 0.3) is 0 Å². The molecule has 0 heterocycles. The lowest BCUT2D eigenvalue weighted by Gasteiger charge is -2.04. The second-order valence-electron chi connectivity index (χ2n) is 5.23. The Morgan fingerprint density at radius 2 is 1.88 bits per heavy atom. The van der Waals surface area contributed by atoms with E-state index in [4.69, 9.17) is 5.14 Å². The molecule has 0 atom stereocenters. The molecule has 2 aromatic carbocycles. The Morgan fingerprint density at radius 1 is 1.20 bits per heavy atom. The van der Waals surface area contributed by atoms with Crippen LogP contribution < -0.4 is 10.5 Å². The first-order valence-corrected chi connectivity index (χ1v) is 9.62. The number of carbonyl (C=O) groups is 1. The molecule has 0 aliphatic carbocycles. The molecule has 132 valence electrons. The van der Waals surface area contributed by atoms with Gasteiger partial charge in [0.15, 0.2) is 0 Å². The van der Waals surface area contributed by atoms with Crippen LogP contribution in [-0.2, 0) is 21.2 Å². The Balaban J connectivity index is 1.86. The number of benzene rings is 2. The summed E-state index contributed by atoms with van der Waals surface area (Å²) in [6, 6.07) is 10.6. The Morgan fingerprint density at radius 3 is 2.52 bits per heavy atom. The highest BCUT2D eigenvalue weighted by Crippen LogP contribution is 2.16. The minimum atomic E-state index is -3.71. The Kier molecular flexibility index (Phi) is 6.46. The highest BCUT2D eigenvalue weighted by Gasteiger charge is 2.06. The number of rotatable bonds is 6. The molecule has 0 saturated carbocycles. The summed E-state index contributed by atoms with van der Waals surface area (Å²) in [5.41, 5.74) is 1.16. The van der Waals surface area contributed by atoms with Crippen molar-refractivity contribution in [1.82, 2.24) is 5.32 Å².